The number of nitrogens with zero attached hydrogens (tertiary/aromatic N) is 1. The molecular weight excluding hydrogens is 262 g/mol. The molecule has 1 aliphatic rings. The number of hydrogen-bond donors (Lipinski definition) is 2. The van der Waals surface area contributed by atoms with E-state index in [-0.39, 0.29) is 11.8 Å². The zero-order chi connectivity index (χ0) is 13.7. The van der Waals surface area contributed by atoms with Gasteiger partial charge in [-0.3, -0.25) is 4.79 Å². The molecule has 0 radical (unpaired) electrons. The minimum absolute atomic E-state index is 0.0571. The Morgan fingerprint density at radius 1 is 1.63 bits per heavy atom. The van der Waals surface area contributed by atoms with Crippen molar-refractivity contribution in [2.75, 3.05) is 26.3 Å². The van der Waals surface area contributed by atoms with Crippen molar-refractivity contribution in [1.29, 1.82) is 0 Å². The smallest absolute Gasteiger partial charge is 0.227 e. The lowest BCUT2D eigenvalue weighted by atomic mass is 9.79. The van der Waals surface area contributed by atoms with E-state index in [1.54, 1.807) is 17.5 Å². The molecule has 3 N–H and O–H groups in total. The SMILES string of the molecule is CC(CNC(=O)C1(CN)CCOCC1)c1nccs1. The van der Waals surface area contributed by atoms with Gasteiger partial charge in [-0.1, -0.05) is 6.92 Å². The normalized spacial score (nSPS) is 19.9. The summed E-state index contributed by atoms with van der Waals surface area (Å²) in [6.45, 7) is 4.29. The molecule has 2 rings (SSSR count). The number of aromatic nitrogens is 1. The van der Waals surface area contributed by atoms with Crippen molar-refractivity contribution in [2.24, 2.45) is 11.1 Å². The Balaban J connectivity index is 1.89. The van der Waals surface area contributed by atoms with Crippen molar-refractivity contribution in [1.82, 2.24) is 10.3 Å². The predicted octanol–water partition coefficient (Wildman–Crippen LogP) is 1.12. The maximum absolute atomic E-state index is 12.4. The lowest BCUT2D eigenvalue weighted by molar-refractivity contribution is -0.135. The molecule has 1 atom stereocenters. The maximum Gasteiger partial charge on any atom is 0.227 e. The van der Waals surface area contributed by atoms with E-state index in [0.29, 0.717) is 39.1 Å². The Kier molecular flexibility index (Phi) is 4.90. The zero-order valence-electron chi connectivity index (χ0n) is 11.2. The van der Waals surface area contributed by atoms with E-state index in [9.17, 15) is 4.79 Å². The number of nitrogens with two attached hydrogens (primary N) is 1. The first-order chi connectivity index (χ1) is 9.18. The Hall–Kier alpha value is -0.980. The third kappa shape index (κ3) is 3.32. The Bertz CT molecular complexity index is 402. The van der Waals surface area contributed by atoms with E-state index in [2.05, 4.69) is 17.2 Å². The van der Waals surface area contributed by atoms with Crippen LogP contribution < -0.4 is 11.1 Å². The molecule has 1 aromatic rings. The van der Waals surface area contributed by atoms with Crippen LogP contribution in [0.4, 0.5) is 0 Å². The van der Waals surface area contributed by atoms with Crippen LogP contribution in [0.5, 0.6) is 0 Å². The van der Waals surface area contributed by atoms with Gasteiger partial charge in [0.05, 0.1) is 10.4 Å². The van der Waals surface area contributed by atoms with E-state index in [0.717, 1.165) is 5.01 Å². The van der Waals surface area contributed by atoms with Gasteiger partial charge in [0.25, 0.3) is 0 Å². The topological polar surface area (TPSA) is 77.2 Å². The number of carbonyl (C=O) groups is 1. The standard InChI is InChI=1S/C13H21N3O2S/c1-10(11-15-4-7-19-11)8-16-12(17)13(9-14)2-5-18-6-3-13/h4,7,10H,2-3,5-6,8-9,14H2,1H3,(H,16,17). The lowest BCUT2D eigenvalue weighted by Crippen LogP contribution is -2.49. The summed E-state index contributed by atoms with van der Waals surface area (Å²) in [5.74, 6) is 0.292. The predicted molar refractivity (Wildman–Crippen MR) is 75.1 cm³/mol. The van der Waals surface area contributed by atoms with E-state index in [4.69, 9.17) is 10.5 Å². The summed E-state index contributed by atoms with van der Waals surface area (Å²) in [6.07, 6.45) is 3.21. The van der Waals surface area contributed by atoms with Gasteiger partial charge in [-0.2, -0.15) is 0 Å². The molecule has 0 saturated carbocycles. The molecule has 106 valence electrons. The molecule has 0 aliphatic carbocycles. The highest BCUT2D eigenvalue weighted by atomic mass is 32.1. The van der Waals surface area contributed by atoms with Crippen LogP contribution in [0.2, 0.25) is 0 Å². The first kappa shape index (κ1) is 14.4. The zero-order valence-corrected chi connectivity index (χ0v) is 12.0. The monoisotopic (exact) mass is 283 g/mol. The molecule has 1 saturated heterocycles. The van der Waals surface area contributed by atoms with Crippen LogP contribution in [0.25, 0.3) is 0 Å². The molecule has 2 heterocycles. The van der Waals surface area contributed by atoms with Crippen LogP contribution in [0.15, 0.2) is 11.6 Å². The molecule has 1 aromatic heterocycles. The van der Waals surface area contributed by atoms with Crippen LogP contribution >= 0.6 is 11.3 Å². The second kappa shape index (κ2) is 6.45. The molecule has 6 heteroatoms. The van der Waals surface area contributed by atoms with Gasteiger partial charge in [0.1, 0.15) is 0 Å². The fourth-order valence-corrected chi connectivity index (χ4v) is 2.98. The van der Waals surface area contributed by atoms with Crippen LogP contribution in [0, 0.1) is 5.41 Å². The number of rotatable bonds is 5. The van der Waals surface area contributed by atoms with Gasteiger partial charge in [-0.05, 0) is 12.8 Å². The molecule has 0 spiro atoms. The van der Waals surface area contributed by atoms with Crippen LogP contribution in [0.1, 0.15) is 30.7 Å². The summed E-state index contributed by atoms with van der Waals surface area (Å²) in [5, 5.41) is 6.03. The average molecular weight is 283 g/mol. The van der Waals surface area contributed by atoms with Gasteiger partial charge >= 0.3 is 0 Å². The molecule has 0 aromatic carbocycles. The summed E-state index contributed by atoms with van der Waals surface area (Å²) >= 11 is 1.62. The fraction of sp³-hybridized carbons (Fsp3) is 0.692. The molecule has 0 bridgehead atoms. The van der Waals surface area contributed by atoms with Gasteiger partial charge in [0.2, 0.25) is 5.91 Å². The summed E-state index contributed by atoms with van der Waals surface area (Å²) in [6, 6.07) is 0. The van der Waals surface area contributed by atoms with Crippen molar-refractivity contribution in [2.45, 2.75) is 25.7 Å². The highest BCUT2D eigenvalue weighted by Gasteiger charge is 2.38. The third-order valence-corrected chi connectivity index (χ3v) is 4.77. The van der Waals surface area contributed by atoms with Crippen molar-refractivity contribution < 1.29 is 9.53 Å². The quantitative estimate of drug-likeness (QED) is 0.849. The summed E-state index contributed by atoms with van der Waals surface area (Å²) in [5.41, 5.74) is 5.37. The second-order valence-corrected chi connectivity index (χ2v) is 6.00. The van der Waals surface area contributed by atoms with Crippen molar-refractivity contribution in [3.05, 3.63) is 16.6 Å². The van der Waals surface area contributed by atoms with E-state index in [1.165, 1.54) is 0 Å². The molecule has 19 heavy (non-hydrogen) atoms. The fourth-order valence-electron chi connectivity index (χ4n) is 2.28. The van der Waals surface area contributed by atoms with Crippen molar-refractivity contribution in [3.8, 4) is 0 Å². The molecule has 1 aliphatic heterocycles. The van der Waals surface area contributed by atoms with Crippen LogP contribution in [0.3, 0.4) is 0 Å². The number of carbonyl (C=O) groups excluding carboxylic acids is 1. The number of hydrogen-bond acceptors (Lipinski definition) is 5. The molecule has 1 unspecified atom stereocenters. The van der Waals surface area contributed by atoms with E-state index in [1.807, 2.05) is 5.38 Å². The van der Waals surface area contributed by atoms with Gasteiger partial charge < -0.3 is 15.8 Å². The third-order valence-electron chi connectivity index (χ3n) is 3.76. The molecule has 5 nitrogen and oxygen atoms in total. The van der Waals surface area contributed by atoms with Gasteiger partial charge in [-0.15, -0.1) is 11.3 Å². The second-order valence-electron chi connectivity index (χ2n) is 5.08. The van der Waals surface area contributed by atoms with Gasteiger partial charge in [-0.25, -0.2) is 4.98 Å². The highest BCUT2D eigenvalue weighted by molar-refractivity contribution is 7.09. The van der Waals surface area contributed by atoms with Gasteiger partial charge in [0, 0.05) is 43.8 Å². The Morgan fingerprint density at radius 3 is 2.95 bits per heavy atom. The first-order valence-corrected chi connectivity index (χ1v) is 7.51. The molecule has 1 amide bonds. The summed E-state index contributed by atoms with van der Waals surface area (Å²) < 4.78 is 5.32. The summed E-state index contributed by atoms with van der Waals surface area (Å²) in [7, 11) is 0. The number of ether oxygens (including phenoxy) is 1. The first-order valence-electron chi connectivity index (χ1n) is 6.63. The van der Waals surface area contributed by atoms with Crippen molar-refractivity contribution in [3.63, 3.8) is 0 Å². The minimum atomic E-state index is -0.444. The largest absolute Gasteiger partial charge is 0.381 e. The number of thiazole rings is 1. The van der Waals surface area contributed by atoms with Crippen LogP contribution in [-0.4, -0.2) is 37.2 Å². The Labute approximate surface area is 117 Å². The minimum Gasteiger partial charge on any atom is -0.381 e. The van der Waals surface area contributed by atoms with E-state index >= 15 is 0 Å². The highest BCUT2D eigenvalue weighted by Crippen LogP contribution is 2.29. The van der Waals surface area contributed by atoms with Gasteiger partial charge in [0.15, 0.2) is 0 Å². The Morgan fingerprint density at radius 2 is 2.37 bits per heavy atom. The van der Waals surface area contributed by atoms with Crippen molar-refractivity contribution >= 4 is 17.2 Å². The lowest BCUT2D eigenvalue weighted by Gasteiger charge is -2.34. The molecule has 1 fully saturated rings. The number of amides is 1. The average Bonchev–Trinajstić information content (AvgIpc) is 2.99. The number of nitrogens with one attached hydrogen (secondary N) is 1. The summed E-state index contributed by atoms with van der Waals surface area (Å²) in [4.78, 5) is 16.6. The van der Waals surface area contributed by atoms with E-state index < -0.39 is 5.41 Å². The molecular formula is C13H21N3O2S. The maximum atomic E-state index is 12.4. The van der Waals surface area contributed by atoms with Crippen LogP contribution in [-0.2, 0) is 9.53 Å².